The normalized spacial score (nSPS) is 18.3. The molecule has 2 aromatic carbocycles. The summed E-state index contributed by atoms with van der Waals surface area (Å²) < 4.78 is 6.09. The minimum Gasteiger partial charge on any atom is -0.481 e. The summed E-state index contributed by atoms with van der Waals surface area (Å²) in [4.78, 5) is 15.2. The number of hydrogen-bond donors (Lipinski definition) is 1. The summed E-state index contributed by atoms with van der Waals surface area (Å²) in [5.41, 5.74) is 5.05. The van der Waals surface area contributed by atoms with Crippen molar-refractivity contribution in [1.29, 1.82) is 0 Å². The molecule has 2 atom stereocenters. The molecule has 1 aliphatic carbocycles. The van der Waals surface area contributed by atoms with Crippen molar-refractivity contribution in [3.63, 3.8) is 0 Å². The first kappa shape index (κ1) is 20.8. The number of ether oxygens (including phenoxy) is 1. The molecule has 1 aliphatic heterocycles. The smallest absolute Gasteiger partial charge is 0.261 e. The molecule has 0 saturated carbocycles. The molecule has 4 heteroatoms. The quantitative estimate of drug-likeness (QED) is 0.717. The molecule has 2 aromatic rings. The highest BCUT2D eigenvalue weighted by Gasteiger charge is 2.21. The second kappa shape index (κ2) is 9.55. The van der Waals surface area contributed by atoms with Crippen LogP contribution in [-0.4, -0.2) is 25.1 Å². The molecule has 1 saturated heterocycles. The van der Waals surface area contributed by atoms with E-state index in [9.17, 15) is 4.79 Å². The molecule has 4 rings (SSSR count). The Labute approximate surface area is 180 Å². The molecule has 1 amide bonds. The van der Waals surface area contributed by atoms with Crippen molar-refractivity contribution in [2.24, 2.45) is 0 Å². The number of amides is 1. The van der Waals surface area contributed by atoms with Crippen LogP contribution in [0.1, 0.15) is 68.7 Å². The SMILES string of the molecule is C[C@H](Oc1cccc2c1CCCC2)C(=O)N[C@H](C)c1ccc(N2CCCCC2)cc1. The van der Waals surface area contributed by atoms with E-state index in [2.05, 4.69) is 40.5 Å². The van der Waals surface area contributed by atoms with Gasteiger partial charge in [-0.05, 0) is 93.7 Å². The molecule has 1 N–H and O–H groups in total. The van der Waals surface area contributed by atoms with Gasteiger partial charge in [0, 0.05) is 18.8 Å². The van der Waals surface area contributed by atoms with Crippen molar-refractivity contribution < 1.29 is 9.53 Å². The van der Waals surface area contributed by atoms with Crippen LogP contribution >= 0.6 is 0 Å². The van der Waals surface area contributed by atoms with Gasteiger partial charge in [0.15, 0.2) is 6.10 Å². The van der Waals surface area contributed by atoms with E-state index in [-0.39, 0.29) is 11.9 Å². The van der Waals surface area contributed by atoms with Crippen molar-refractivity contribution in [2.75, 3.05) is 18.0 Å². The standard InChI is InChI=1S/C26H34N2O2/c1-19(21-13-15-23(16-14-21)28-17-6-3-7-18-28)27-26(29)20(2)30-25-12-8-10-22-9-4-5-11-24(22)25/h8,10,12-16,19-20H,3-7,9,11,17-18H2,1-2H3,(H,27,29)/t19-,20+/m1/s1. The Morgan fingerprint density at radius 2 is 1.67 bits per heavy atom. The molecule has 0 bridgehead atoms. The average Bonchev–Trinajstić information content (AvgIpc) is 2.80. The molecular formula is C26H34N2O2. The van der Waals surface area contributed by atoms with Gasteiger partial charge in [-0.25, -0.2) is 0 Å². The highest BCUT2D eigenvalue weighted by atomic mass is 16.5. The van der Waals surface area contributed by atoms with E-state index in [1.165, 1.54) is 48.9 Å². The minimum absolute atomic E-state index is 0.0522. The van der Waals surface area contributed by atoms with Crippen molar-refractivity contribution in [2.45, 2.75) is 70.9 Å². The monoisotopic (exact) mass is 406 g/mol. The van der Waals surface area contributed by atoms with Crippen LogP contribution in [0, 0.1) is 0 Å². The Hall–Kier alpha value is -2.49. The van der Waals surface area contributed by atoms with Crippen LogP contribution in [0.2, 0.25) is 0 Å². The van der Waals surface area contributed by atoms with Gasteiger partial charge < -0.3 is 15.0 Å². The summed E-state index contributed by atoms with van der Waals surface area (Å²) in [5.74, 6) is 0.796. The second-order valence-electron chi connectivity index (χ2n) is 8.73. The van der Waals surface area contributed by atoms with Crippen molar-refractivity contribution >= 4 is 11.6 Å². The molecule has 2 aliphatic rings. The van der Waals surface area contributed by atoms with Crippen LogP contribution in [0.5, 0.6) is 5.75 Å². The summed E-state index contributed by atoms with van der Waals surface area (Å²) in [6.07, 6.45) is 7.95. The Bertz CT molecular complexity index is 856. The van der Waals surface area contributed by atoms with Crippen molar-refractivity contribution in [3.8, 4) is 5.75 Å². The van der Waals surface area contributed by atoms with Gasteiger partial charge in [0.2, 0.25) is 0 Å². The van der Waals surface area contributed by atoms with Crippen LogP contribution in [0.25, 0.3) is 0 Å². The van der Waals surface area contributed by atoms with Crippen LogP contribution in [0.4, 0.5) is 5.69 Å². The van der Waals surface area contributed by atoms with Gasteiger partial charge in [0.25, 0.3) is 5.91 Å². The molecule has 0 spiro atoms. The van der Waals surface area contributed by atoms with Gasteiger partial charge in [0.1, 0.15) is 5.75 Å². The van der Waals surface area contributed by atoms with Crippen LogP contribution < -0.4 is 15.0 Å². The summed E-state index contributed by atoms with van der Waals surface area (Å²) in [6, 6.07) is 14.8. The highest BCUT2D eigenvalue weighted by Crippen LogP contribution is 2.30. The summed E-state index contributed by atoms with van der Waals surface area (Å²) in [5, 5.41) is 3.12. The second-order valence-corrected chi connectivity index (χ2v) is 8.73. The third-order valence-corrected chi connectivity index (χ3v) is 6.50. The van der Waals surface area contributed by atoms with E-state index in [1.807, 2.05) is 26.0 Å². The number of rotatable bonds is 6. The van der Waals surface area contributed by atoms with Gasteiger partial charge in [-0.2, -0.15) is 0 Å². The Kier molecular flexibility index (Phi) is 6.61. The van der Waals surface area contributed by atoms with Gasteiger partial charge in [-0.1, -0.05) is 24.3 Å². The van der Waals surface area contributed by atoms with E-state index in [1.54, 1.807) is 0 Å². The highest BCUT2D eigenvalue weighted by molar-refractivity contribution is 5.81. The first-order valence-electron chi connectivity index (χ1n) is 11.5. The lowest BCUT2D eigenvalue weighted by atomic mass is 9.91. The number of anilines is 1. The molecule has 0 unspecified atom stereocenters. The number of hydrogen-bond acceptors (Lipinski definition) is 3. The number of aryl methyl sites for hydroxylation is 1. The fraction of sp³-hybridized carbons (Fsp3) is 0.500. The Morgan fingerprint density at radius 3 is 2.43 bits per heavy atom. The molecule has 1 heterocycles. The first-order chi connectivity index (χ1) is 14.6. The zero-order valence-corrected chi connectivity index (χ0v) is 18.3. The lowest BCUT2D eigenvalue weighted by molar-refractivity contribution is -0.127. The summed E-state index contributed by atoms with van der Waals surface area (Å²) >= 11 is 0. The van der Waals surface area contributed by atoms with E-state index in [0.29, 0.717) is 0 Å². The summed E-state index contributed by atoms with van der Waals surface area (Å²) in [6.45, 7) is 6.15. The fourth-order valence-corrected chi connectivity index (χ4v) is 4.64. The zero-order valence-electron chi connectivity index (χ0n) is 18.3. The molecule has 0 radical (unpaired) electrons. The third kappa shape index (κ3) is 4.80. The molecular weight excluding hydrogens is 372 g/mol. The van der Waals surface area contributed by atoms with Crippen molar-refractivity contribution in [1.82, 2.24) is 5.32 Å². The van der Waals surface area contributed by atoms with E-state index < -0.39 is 6.10 Å². The van der Waals surface area contributed by atoms with Gasteiger partial charge in [-0.3, -0.25) is 4.79 Å². The Morgan fingerprint density at radius 1 is 0.933 bits per heavy atom. The topological polar surface area (TPSA) is 41.6 Å². The lowest BCUT2D eigenvalue weighted by Crippen LogP contribution is -2.38. The predicted molar refractivity (Wildman–Crippen MR) is 122 cm³/mol. The van der Waals surface area contributed by atoms with Gasteiger partial charge in [-0.15, -0.1) is 0 Å². The maximum atomic E-state index is 12.8. The van der Waals surface area contributed by atoms with Crippen LogP contribution in [-0.2, 0) is 17.6 Å². The third-order valence-electron chi connectivity index (χ3n) is 6.50. The maximum Gasteiger partial charge on any atom is 0.261 e. The lowest BCUT2D eigenvalue weighted by Gasteiger charge is -2.29. The molecule has 160 valence electrons. The van der Waals surface area contributed by atoms with Crippen LogP contribution in [0.3, 0.4) is 0 Å². The van der Waals surface area contributed by atoms with E-state index in [4.69, 9.17) is 4.74 Å². The Balaban J connectivity index is 1.35. The fourth-order valence-electron chi connectivity index (χ4n) is 4.64. The minimum atomic E-state index is -0.520. The average molecular weight is 407 g/mol. The number of carbonyl (C=O) groups is 1. The first-order valence-corrected chi connectivity index (χ1v) is 11.5. The maximum absolute atomic E-state index is 12.8. The van der Waals surface area contributed by atoms with Crippen molar-refractivity contribution in [3.05, 3.63) is 59.2 Å². The van der Waals surface area contributed by atoms with Gasteiger partial charge >= 0.3 is 0 Å². The number of benzene rings is 2. The van der Waals surface area contributed by atoms with Gasteiger partial charge in [0.05, 0.1) is 6.04 Å². The molecule has 1 fully saturated rings. The zero-order chi connectivity index (χ0) is 20.9. The summed E-state index contributed by atoms with van der Waals surface area (Å²) in [7, 11) is 0. The molecule has 30 heavy (non-hydrogen) atoms. The van der Waals surface area contributed by atoms with E-state index >= 15 is 0 Å². The number of nitrogens with zero attached hydrogens (tertiary/aromatic N) is 1. The number of carbonyl (C=O) groups excluding carboxylic acids is 1. The number of nitrogens with one attached hydrogen (secondary N) is 1. The number of piperidine rings is 1. The molecule has 0 aromatic heterocycles. The largest absolute Gasteiger partial charge is 0.481 e. The number of fused-ring (bicyclic) bond motifs is 1. The van der Waals surface area contributed by atoms with E-state index in [0.717, 1.165) is 37.2 Å². The van der Waals surface area contributed by atoms with Crippen LogP contribution in [0.15, 0.2) is 42.5 Å². The predicted octanol–water partition coefficient (Wildman–Crippen LogP) is 5.20. The molecule has 4 nitrogen and oxygen atoms in total.